The SMILES string of the molecule is COc1cccc(CN2C(=O)CCSC2c2ccc(N(C)C)cc2)c1OC. The van der Waals surface area contributed by atoms with Gasteiger partial charge in [0.05, 0.1) is 20.8 Å². The molecule has 0 N–H and O–H groups in total. The maximum absolute atomic E-state index is 12.7. The number of benzene rings is 2. The van der Waals surface area contributed by atoms with E-state index >= 15 is 0 Å². The Hall–Kier alpha value is -2.34. The van der Waals surface area contributed by atoms with Gasteiger partial charge in [-0.1, -0.05) is 24.3 Å². The van der Waals surface area contributed by atoms with Crippen molar-refractivity contribution in [2.24, 2.45) is 0 Å². The highest BCUT2D eigenvalue weighted by Gasteiger charge is 2.31. The van der Waals surface area contributed by atoms with E-state index < -0.39 is 0 Å². The number of amides is 1. The second-order valence-corrected chi connectivity index (χ2v) is 7.82. The molecule has 1 saturated heterocycles. The number of methoxy groups -OCH3 is 2. The summed E-state index contributed by atoms with van der Waals surface area (Å²) in [6.07, 6.45) is 0.559. The van der Waals surface area contributed by atoms with Gasteiger partial charge in [0.2, 0.25) is 5.91 Å². The lowest BCUT2D eigenvalue weighted by Gasteiger charge is -2.36. The molecule has 1 amide bonds. The molecule has 0 aromatic heterocycles. The number of rotatable bonds is 6. The Bertz CT molecular complexity index is 793. The van der Waals surface area contributed by atoms with Crippen LogP contribution in [0, 0.1) is 0 Å². The number of nitrogens with zero attached hydrogens (tertiary/aromatic N) is 2. The minimum atomic E-state index is -0.00151. The first-order chi connectivity index (χ1) is 13.0. The Morgan fingerprint density at radius 3 is 2.48 bits per heavy atom. The van der Waals surface area contributed by atoms with Gasteiger partial charge in [-0.2, -0.15) is 0 Å². The largest absolute Gasteiger partial charge is 0.493 e. The summed E-state index contributed by atoms with van der Waals surface area (Å²) >= 11 is 1.80. The molecule has 6 heteroatoms. The van der Waals surface area contributed by atoms with E-state index in [1.165, 1.54) is 0 Å². The third-order valence-corrected chi connectivity index (χ3v) is 6.00. The predicted molar refractivity (Wildman–Crippen MR) is 111 cm³/mol. The normalized spacial score (nSPS) is 17.0. The van der Waals surface area contributed by atoms with Crippen molar-refractivity contribution in [2.45, 2.75) is 18.3 Å². The Morgan fingerprint density at radius 2 is 1.85 bits per heavy atom. The third-order valence-electron chi connectivity index (χ3n) is 4.71. The Kier molecular flexibility index (Phi) is 6.16. The van der Waals surface area contributed by atoms with Gasteiger partial charge in [-0.3, -0.25) is 4.79 Å². The van der Waals surface area contributed by atoms with Crippen LogP contribution in [0.4, 0.5) is 5.69 Å². The van der Waals surface area contributed by atoms with Crippen LogP contribution in [0.1, 0.15) is 22.9 Å². The predicted octanol–water partition coefficient (Wildman–Crippen LogP) is 3.93. The average molecular weight is 387 g/mol. The van der Waals surface area contributed by atoms with E-state index in [1.807, 2.05) is 37.2 Å². The standard InChI is InChI=1S/C21H26N2O3S/c1-22(2)17-10-8-15(9-11-17)21-23(19(24)12-13-27-21)14-16-6-5-7-18(25-3)20(16)26-4/h5-11,21H,12-14H2,1-4H3. The molecule has 0 bridgehead atoms. The molecule has 2 aromatic rings. The van der Waals surface area contributed by atoms with Crippen molar-refractivity contribution in [3.05, 3.63) is 53.6 Å². The van der Waals surface area contributed by atoms with Crippen molar-refractivity contribution in [3.8, 4) is 11.5 Å². The topological polar surface area (TPSA) is 42.0 Å². The van der Waals surface area contributed by atoms with Crippen LogP contribution in [-0.2, 0) is 11.3 Å². The van der Waals surface area contributed by atoms with Crippen LogP contribution in [0.3, 0.4) is 0 Å². The molecule has 1 unspecified atom stereocenters. The summed E-state index contributed by atoms with van der Waals surface area (Å²) in [6.45, 7) is 0.492. The smallest absolute Gasteiger partial charge is 0.224 e. The van der Waals surface area contributed by atoms with Crippen LogP contribution in [-0.4, -0.2) is 44.9 Å². The number of para-hydroxylation sites is 1. The van der Waals surface area contributed by atoms with Crippen molar-refractivity contribution in [1.82, 2.24) is 4.90 Å². The highest BCUT2D eigenvalue weighted by molar-refractivity contribution is 7.99. The van der Waals surface area contributed by atoms with Gasteiger partial charge in [0.25, 0.3) is 0 Å². The zero-order chi connectivity index (χ0) is 19.4. The molecule has 1 aliphatic heterocycles. The molecule has 1 heterocycles. The maximum Gasteiger partial charge on any atom is 0.224 e. The van der Waals surface area contributed by atoms with Gasteiger partial charge < -0.3 is 19.3 Å². The summed E-state index contributed by atoms with van der Waals surface area (Å²) in [7, 11) is 7.30. The lowest BCUT2D eigenvalue weighted by molar-refractivity contribution is -0.132. The Balaban J connectivity index is 1.90. The van der Waals surface area contributed by atoms with Crippen molar-refractivity contribution in [2.75, 3.05) is 39.0 Å². The molecular weight excluding hydrogens is 360 g/mol. The highest BCUT2D eigenvalue weighted by atomic mass is 32.2. The van der Waals surface area contributed by atoms with Gasteiger partial charge in [-0.15, -0.1) is 11.8 Å². The monoisotopic (exact) mass is 386 g/mol. The third kappa shape index (κ3) is 4.16. The second kappa shape index (κ2) is 8.57. The average Bonchev–Trinajstić information content (AvgIpc) is 2.69. The van der Waals surface area contributed by atoms with Crippen LogP contribution in [0.2, 0.25) is 0 Å². The van der Waals surface area contributed by atoms with E-state index in [9.17, 15) is 4.79 Å². The molecule has 3 rings (SSSR count). The Morgan fingerprint density at radius 1 is 1.11 bits per heavy atom. The number of ether oxygens (including phenoxy) is 2. The molecule has 144 valence electrons. The zero-order valence-corrected chi connectivity index (χ0v) is 17.1. The van der Waals surface area contributed by atoms with Gasteiger partial charge in [0.1, 0.15) is 5.37 Å². The van der Waals surface area contributed by atoms with Crippen LogP contribution < -0.4 is 14.4 Å². The van der Waals surface area contributed by atoms with E-state index in [1.54, 1.807) is 26.0 Å². The molecule has 0 saturated carbocycles. The molecule has 5 nitrogen and oxygen atoms in total. The first kappa shape index (κ1) is 19.4. The summed E-state index contributed by atoms with van der Waals surface area (Å²) in [5.74, 6) is 2.37. The van der Waals surface area contributed by atoms with Gasteiger partial charge in [-0.05, 0) is 23.8 Å². The summed E-state index contributed by atoms with van der Waals surface area (Å²) in [6, 6.07) is 14.2. The summed E-state index contributed by atoms with van der Waals surface area (Å²) < 4.78 is 11.0. The fourth-order valence-corrected chi connectivity index (χ4v) is 4.51. The first-order valence-corrected chi connectivity index (χ1v) is 9.98. The minimum Gasteiger partial charge on any atom is -0.493 e. The molecular formula is C21H26N2O3S. The zero-order valence-electron chi connectivity index (χ0n) is 16.3. The molecule has 1 atom stereocenters. The van der Waals surface area contributed by atoms with Crippen molar-refractivity contribution < 1.29 is 14.3 Å². The molecule has 0 aliphatic carbocycles. The Labute approximate surface area is 165 Å². The minimum absolute atomic E-state index is 0.00151. The van der Waals surface area contributed by atoms with Crippen molar-refractivity contribution in [1.29, 1.82) is 0 Å². The van der Waals surface area contributed by atoms with Gasteiger partial charge in [0.15, 0.2) is 11.5 Å². The molecule has 27 heavy (non-hydrogen) atoms. The summed E-state index contributed by atoms with van der Waals surface area (Å²) in [5.41, 5.74) is 3.23. The van der Waals surface area contributed by atoms with E-state index in [4.69, 9.17) is 9.47 Å². The van der Waals surface area contributed by atoms with Crippen LogP contribution in [0.15, 0.2) is 42.5 Å². The number of hydrogen-bond donors (Lipinski definition) is 0. The highest BCUT2D eigenvalue weighted by Crippen LogP contribution is 2.40. The molecule has 2 aromatic carbocycles. The van der Waals surface area contributed by atoms with Crippen LogP contribution >= 0.6 is 11.8 Å². The molecule has 1 fully saturated rings. The molecule has 0 spiro atoms. The van der Waals surface area contributed by atoms with Gasteiger partial charge in [-0.25, -0.2) is 0 Å². The van der Waals surface area contributed by atoms with Crippen LogP contribution in [0.25, 0.3) is 0 Å². The fraction of sp³-hybridized carbons (Fsp3) is 0.381. The van der Waals surface area contributed by atoms with Crippen molar-refractivity contribution in [3.63, 3.8) is 0 Å². The summed E-state index contributed by atoms with van der Waals surface area (Å²) in [5, 5.41) is -0.00151. The molecule has 1 aliphatic rings. The van der Waals surface area contributed by atoms with Gasteiger partial charge >= 0.3 is 0 Å². The van der Waals surface area contributed by atoms with E-state index in [2.05, 4.69) is 29.2 Å². The quantitative estimate of drug-likeness (QED) is 0.752. The summed E-state index contributed by atoms with van der Waals surface area (Å²) in [4.78, 5) is 16.8. The van der Waals surface area contributed by atoms with E-state index in [0.717, 1.165) is 22.6 Å². The van der Waals surface area contributed by atoms with Gasteiger partial charge in [0, 0.05) is 37.5 Å². The number of anilines is 1. The first-order valence-electron chi connectivity index (χ1n) is 8.93. The number of thioether (sulfide) groups is 1. The number of carbonyl (C=O) groups is 1. The lowest BCUT2D eigenvalue weighted by atomic mass is 10.1. The maximum atomic E-state index is 12.7. The number of hydrogen-bond acceptors (Lipinski definition) is 5. The molecule has 0 radical (unpaired) electrons. The fourth-order valence-electron chi connectivity index (χ4n) is 3.27. The van der Waals surface area contributed by atoms with E-state index in [0.29, 0.717) is 24.5 Å². The second-order valence-electron chi connectivity index (χ2n) is 6.63. The van der Waals surface area contributed by atoms with Crippen LogP contribution in [0.5, 0.6) is 11.5 Å². The van der Waals surface area contributed by atoms with Crippen molar-refractivity contribution >= 4 is 23.4 Å². The lowest BCUT2D eigenvalue weighted by Crippen LogP contribution is -2.36. The number of carbonyl (C=O) groups excluding carboxylic acids is 1. The van der Waals surface area contributed by atoms with E-state index in [-0.39, 0.29) is 11.3 Å².